The van der Waals surface area contributed by atoms with Crippen molar-refractivity contribution >= 4 is 35.7 Å². The lowest BCUT2D eigenvalue weighted by Gasteiger charge is -2.34. The molecule has 3 atom stereocenters. The molecule has 2 aliphatic rings. The first-order valence-electron chi connectivity index (χ1n) is 10.7. The average Bonchev–Trinajstić information content (AvgIpc) is 3.22. The highest BCUT2D eigenvalue weighted by Gasteiger charge is 2.41. The van der Waals surface area contributed by atoms with Gasteiger partial charge in [-0.3, -0.25) is 19.7 Å². The monoisotopic (exact) mass is 451 g/mol. The zero-order valence-corrected chi connectivity index (χ0v) is 19.0. The number of nitrogens with one attached hydrogen (secondary N) is 2. The van der Waals surface area contributed by atoms with Crippen molar-refractivity contribution in [3.05, 3.63) is 0 Å². The number of fused-ring (bicyclic) bond motifs is 1. The second-order valence-electron chi connectivity index (χ2n) is 8.42. The largest absolute Gasteiger partial charge is 0.465 e. The maximum Gasteiger partial charge on any atom is 0.323 e. The van der Waals surface area contributed by atoms with Gasteiger partial charge in [0.2, 0.25) is 5.79 Å². The molecule has 0 saturated carbocycles. The summed E-state index contributed by atoms with van der Waals surface area (Å²) in [6.07, 6.45) is 2.39. The number of rotatable bonds is 12. The molecule has 0 aromatic heterocycles. The summed E-state index contributed by atoms with van der Waals surface area (Å²) in [5, 5.41) is 5.79. The van der Waals surface area contributed by atoms with Crippen molar-refractivity contribution in [2.24, 2.45) is 38.3 Å². The van der Waals surface area contributed by atoms with Gasteiger partial charge in [0, 0.05) is 0 Å². The molecule has 0 saturated heterocycles. The van der Waals surface area contributed by atoms with E-state index in [1.807, 2.05) is 13.8 Å². The van der Waals surface area contributed by atoms with E-state index in [0.717, 1.165) is 0 Å². The van der Waals surface area contributed by atoms with Crippen LogP contribution >= 0.6 is 0 Å². The highest BCUT2D eigenvalue weighted by atomic mass is 16.5. The first kappa shape index (κ1) is 25.6. The van der Waals surface area contributed by atoms with Crippen molar-refractivity contribution in [1.82, 2.24) is 10.6 Å². The van der Waals surface area contributed by atoms with E-state index in [1.54, 1.807) is 13.8 Å². The summed E-state index contributed by atoms with van der Waals surface area (Å²) in [6, 6.07) is -1.45. The van der Waals surface area contributed by atoms with Gasteiger partial charge in [-0.05, 0) is 31.2 Å². The maximum atomic E-state index is 12.4. The van der Waals surface area contributed by atoms with Crippen molar-refractivity contribution < 1.29 is 23.9 Å². The van der Waals surface area contributed by atoms with Gasteiger partial charge in [0.25, 0.3) is 5.91 Å². The van der Waals surface area contributed by atoms with Crippen LogP contribution in [0, 0.1) is 11.8 Å². The Balaban J connectivity index is 1.93. The Morgan fingerprint density at radius 3 is 2.34 bits per heavy atom. The number of amides is 1. The topological polar surface area (TPSA) is 183 Å². The van der Waals surface area contributed by atoms with Crippen molar-refractivity contribution in [2.75, 3.05) is 19.8 Å². The number of hydrogen-bond acceptors (Lipinski definition) is 11. The third-order valence-corrected chi connectivity index (χ3v) is 5.05. The molecular formula is C20H33N7O5. The van der Waals surface area contributed by atoms with Crippen LogP contribution in [0.4, 0.5) is 0 Å². The van der Waals surface area contributed by atoms with Crippen molar-refractivity contribution in [3.63, 3.8) is 0 Å². The SMILES string of the molecule is CC(C)[C@H](N)C(=O)OCCCCNC1(COC(=O)[C@@H](N)C(C)C)N=C2N=CN=C2C(=O)N1. The molecule has 0 radical (unpaired) electrons. The second kappa shape index (κ2) is 11.2. The summed E-state index contributed by atoms with van der Waals surface area (Å²) in [7, 11) is 0. The van der Waals surface area contributed by atoms with E-state index >= 15 is 0 Å². The number of hydrogen-bond donors (Lipinski definition) is 4. The summed E-state index contributed by atoms with van der Waals surface area (Å²) >= 11 is 0. The highest BCUT2D eigenvalue weighted by molar-refractivity contribution is 6.69. The van der Waals surface area contributed by atoms with E-state index in [-0.39, 0.29) is 36.6 Å². The number of aliphatic imine (C=N–C) groups is 3. The number of carbonyl (C=O) groups excluding carboxylic acids is 3. The second-order valence-corrected chi connectivity index (χ2v) is 8.42. The van der Waals surface area contributed by atoms with E-state index in [1.165, 1.54) is 6.34 Å². The van der Waals surface area contributed by atoms with Crippen LogP contribution in [-0.2, 0) is 23.9 Å². The Hall–Kier alpha value is -2.70. The van der Waals surface area contributed by atoms with Crippen LogP contribution in [0.15, 0.2) is 15.0 Å². The smallest absolute Gasteiger partial charge is 0.323 e. The Morgan fingerprint density at radius 1 is 1.09 bits per heavy atom. The Labute approximate surface area is 187 Å². The molecule has 6 N–H and O–H groups in total. The molecular weight excluding hydrogens is 418 g/mol. The molecule has 32 heavy (non-hydrogen) atoms. The zero-order valence-electron chi connectivity index (χ0n) is 19.0. The molecule has 12 nitrogen and oxygen atoms in total. The normalized spacial score (nSPS) is 21.6. The summed E-state index contributed by atoms with van der Waals surface area (Å²) < 4.78 is 10.5. The van der Waals surface area contributed by atoms with Gasteiger partial charge >= 0.3 is 11.9 Å². The number of ether oxygens (including phenoxy) is 2. The number of nitrogens with zero attached hydrogens (tertiary/aromatic N) is 3. The number of esters is 2. The van der Waals surface area contributed by atoms with E-state index in [9.17, 15) is 14.4 Å². The van der Waals surface area contributed by atoms with E-state index in [2.05, 4.69) is 25.6 Å². The molecule has 2 heterocycles. The van der Waals surface area contributed by atoms with Crippen molar-refractivity contribution in [3.8, 4) is 0 Å². The molecule has 2 rings (SSSR count). The minimum absolute atomic E-state index is 0.00347. The van der Waals surface area contributed by atoms with Crippen LogP contribution in [0.2, 0.25) is 0 Å². The summed E-state index contributed by atoms with van der Waals surface area (Å²) in [5.41, 5.74) is 11.7. The van der Waals surface area contributed by atoms with Crippen molar-refractivity contribution in [1.29, 1.82) is 0 Å². The van der Waals surface area contributed by atoms with Gasteiger partial charge in [0.15, 0.2) is 11.5 Å². The minimum Gasteiger partial charge on any atom is -0.465 e. The number of unbranched alkanes of at least 4 members (excludes halogenated alkanes) is 1. The summed E-state index contributed by atoms with van der Waals surface area (Å²) in [4.78, 5) is 48.7. The predicted octanol–water partition coefficient (Wildman–Crippen LogP) is -0.926. The number of carbonyl (C=O) groups is 3. The molecule has 0 bridgehead atoms. The molecule has 2 aliphatic heterocycles. The van der Waals surface area contributed by atoms with Crippen LogP contribution in [0.1, 0.15) is 40.5 Å². The molecule has 0 aromatic rings. The van der Waals surface area contributed by atoms with Crippen LogP contribution in [0.25, 0.3) is 0 Å². The Morgan fingerprint density at radius 2 is 1.72 bits per heavy atom. The Kier molecular flexibility index (Phi) is 8.99. The standard InChI is InChI=1S/C20H33N7O5/c1-11(2)13(21)18(29)31-8-6-5-7-25-20(9-32-19(30)14(22)12(3)4)26-16-15(17(28)27-20)23-10-24-16/h10-14,25H,5-9,21-22H2,1-4H3,(H,27,28)/t13-,14-,20?/m0/s1. The lowest BCUT2D eigenvalue weighted by molar-refractivity contribution is -0.150. The van der Waals surface area contributed by atoms with Gasteiger partial charge in [-0.2, -0.15) is 0 Å². The predicted molar refractivity (Wildman–Crippen MR) is 119 cm³/mol. The molecule has 1 amide bonds. The summed E-state index contributed by atoms with van der Waals surface area (Å²) in [5.74, 6) is -2.88. The zero-order chi connectivity index (χ0) is 23.9. The quantitative estimate of drug-likeness (QED) is 0.217. The maximum absolute atomic E-state index is 12.4. The van der Waals surface area contributed by atoms with Crippen molar-refractivity contribution in [2.45, 2.75) is 58.4 Å². The van der Waals surface area contributed by atoms with E-state index < -0.39 is 35.7 Å². The van der Waals surface area contributed by atoms with Crippen LogP contribution in [-0.4, -0.2) is 73.4 Å². The fourth-order valence-corrected chi connectivity index (χ4v) is 2.77. The van der Waals surface area contributed by atoms with E-state index in [0.29, 0.717) is 19.4 Å². The highest BCUT2D eigenvalue weighted by Crippen LogP contribution is 2.15. The van der Waals surface area contributed by atoms with Gasteiger partial charge in [0.1, 0.15) is 25.0 Å². The van der Waals surface area contributed by atoms with Gasteiger partial charge < -0.3 is 26.3 Å². The van der Waals surface area contributed by atoms with E-state index in [4.69, 9.17) is 20.9 Å². The van der Waals surface area contributed by atoms with Crippen LogP contribution in [0.3, 0.4) is 0 Å². The summed E-state index contributed by atoms with van der Waals surface area (Å²) in [6.45, 7) is 7.63. The fraction of sp³-hybridized carbons (Fsp3) is 0.700. The molecule has 0 fully saturated rings. The molecule has 1 unspecified atom stereocenters. The van der Waals surface area contributed by atoms with Gasteiger partial charge in [-0.25, -0.2) is 15.0 Å². The van der Waals surface area contributed by atoms with Gasteiger partial charge in [-0.15, -0.1) is 0 Å². The van der Waals surface area contributed by atoms with Crippen LogP contribution < -0.4 is 22.1 Å². The number of amidine groups is 1. The molecule has 178 valence electrons. The molecule has 0 spiro atoms. The molecule has 12 heteroatoms. The fourth-order valence-electron chi connectivity index (χ4n) is 2.77. The minimum atomic E-state index is -1.41. The first-order valence-corrected chi connectivity index (χ1v) is 10.7. The van der Waals surface area contributed by atoms with Gasteiger partial charge in [-0.1, -0.05) is 27.7 Å². The average molecular weight is 452 g/mol. The lowest BCUT2D eigenvalue weighted by atomic mass is 10.1. The Bertz CT molecular complexity index is 808. The third-order valence-electron chi connectivity index (χ3n) is 5.05. The van der Waals surface area contributed by atoms with Crippen LogP contribution in [0.5, 0.6) is 0 Å². The first-order chi connectivity index (χ1) is 15.1. The molecule has 0 aromatic carbocycles. The van der Waals surface area contributed by atoms with Gasteiger partial charge in [0.05, 0.1) is 6.61 Å². The number of nitrogens with two attached hydrogens (primary N) is 2. The lowest BCUT2D eigenvalue weighted by Crippen LogP contribution is -2.65. The third kappa shape index (κ3) is 6.65. The molecule has 0 aliphatic carbocycles.